The molecule has 2 saturated carbocycles. The van der Waals surface area contributed by atoms with Crippen LogP contribution >= 0.6 is 0 Å². The van der Waals surface area contributed by atoms with Gasteiger partial charge < -0.3 is 10.2 Å². The third-order valence-electron chi connectivity index (χ3n) is 5.76. The fourth-order valence-electron chi connectivity index (χ4n) is 4.35. The van der Waals surface area contributed by atoms with Gasteiger partial charge in [0.15, 0.2) is 0 Å². The van der Waals surface area contributed by atoms with Crippen molar-refractivity contribution in [3.05, 3.63) is 0 Å². The van der Waals surface area contributed by atoms with Crippen molar-refractivity contribution in [1.82, 2.24) is 0 Å². The molecular weight excluding hydrogens is 212 g/mol. The molecule has 2 aliphatic carbocycles. The monoisotopic (exact) mass is 240 g/mol. The van der Waals surface area contributed by atoms with E-state index in [0.717, 1.165) is 31.1 Å². The van der Waals surface area contributed by atoms with Gasteiger partial charge in [-0.3, -0.25) is 0 Å². The first-order valence-corrected chi connectivity index (χ1v) is 7.30. The molecule has 0 saturated heterocycles. The van der Waals surface area contributed by atoms with Gasteiger partial charge in [-0.1, -0.05) is 20.8 Å². The number of fused-ring (bicyclic) bond motifs is 1. The summed E-state index contributed by atoms with van der Waals surface area (Å²) in [5.74, 6) is 2.70. The van der Waals surface area contributed by atoms with E-state index in [1.54, 1.807) is 0 Å². The highest BCUT2D eigenvalue weighted by Gasteiger charge is 2.52. The van der Waals surface area contributed by atoms with Crippen molar-refractivity contribution in [3.63, 3.8) is 0 Å². The summed E-state index contributed by atoms with van der Waals surface area (Å²) in [5, 5.41) is 20.2. The largest absolute Gasteiger partial charge is 0.396 e. The van der Waals surface area contributed by atoms with Crippen LogP contribution in [0.15, 0.2) is 0 Å². The number of rotatable bonds is 2. The molecule has 2 fully saturated rings. The van der Waals surface area contributed by atoms with Crippen LogP contribution in [0.1, 0.15) is 52.9 Å². The average molecular weight is 240 g/mol. The minimum Gasteiger partial charge on any atom is -0.396 e. The molecule has 2 N–H and O–H groups in total. The first-order valence-electron chi connectivity index (χ1n) is 7.30. The molecule has 2 heteroatoms. The Morgan fingerprint density at radius 1 is 1.24 bits per heavy atom. The molecule has 0 aromatic rings. The van der Waals surface area contributed by atoms with Gasteiger partial charge in [0.05, 0.1) is 12.7 Å². The van der Waals surface area contributed by atoms with Crippen LogP contribution < -0.4 is 0 Å². The molecule has 17 heavy (non-hydrogen) atoms. The van der Waals surface area contributed by atoms with Crippen LogP contribution in [-0.2, 0) is 0 Å². The number of aliphatic hydroxyl groups is 2. The Kier molecular flexibility index (Phi) is 3.84. The molecular formula is C15H28O2. The van der Waals surface area contributed by atoms with Gasteiger partial charge in [-0.05, 0) is 55.8 Å². The van der Waals surface area contributed by atoms with Crippen molar-refractivity contribution in [2.45, 2.75) is 59.0 Å². The van der Waals surface area contributed by atoms with Crippen LogP contribution in [-0.4, -0.2) is 22.9 Å². The normalized spacial score (nSPS) is 46.9. The van der Waals surface area contributed by atoms with Crippen LogP contribution in [0.25, 0.3) is 0 Å². The van der Waals surface area contributed by atoms with Crippen LogP contribution in [0.2, 0.25) is 0 Å². The molecule has 2 aliphatic rings. The Morgan fingerprint density at radius 2 is 1.94 bits per heavy atom. The first-order chi connectivity index (χ1) is 8.01. The van der Waals surface area contributed by atoms with Gasteiger partial charge in [0.1, 0.15) is 0 Å². The highest BCUT2D eigenvalue weighted by Crippen LogP contribution is 2.54. The minimum atomic E-state index is -0.276. The summed E-state index contributed by atoms with van der Waals surface area (Å²) < 4.78 is 0. The Hall–Kier alpha value is -0.0800. The van der Waals surface area contributed by atoms with Crippen molar-refractivity contribution >= 4 is 0 Å². The predicted molar refractivity (Wildman–Crippen MR) is 69.6 cm³/mol. The molecule has 0 heterocycles. The standard InChI is InChI=1S/C15H28O2/c1-10(2)12-6-7-15(9-16)13(8-12)11(3)4-5-14(15)17/h10-14,16-17H,4-9H2,1-3H3/t11-,12-,13+,14?,15+/m1/s1. The predicted octanol–water partition coefficient (Wildman–Crippen LogP) is 2.83. The summed E-state index contributed by atoms with van der Waals surface area (Å²) in [4.78, 5) is 0. The van der Waals surface area contributed by atoms with E-state index in [-0.39, 0.29) is 18.1 Å². The van der Waals surface area contributed by atoms with Crippen LogP contribution in [0.3, 0.4) is 0 Å². The molecule has 0 aromatic heterocycles. The van der Waals surface area contributed by atoms with Gasteiger partial charge in [-0.2, -0.15) is 0 Å². The molecule has 2 nitrogen and oxygen atoms in total. The smallest absolute Gasteiger partial charge is 0.0621 e. The summed E-state index contributed by atoms with van der Waals surface area (Å²) in [5.41, 5.74) is -0.178. The quantitative estimate of drug-likeness (QED) is 0.779. The van der Waals surface area contributed by atoms with Crippen molar-refractivity contribution in [2.75, 3.05) is 6.61 Å². The lowest BCUT2D eigenvalue weighted by atomic mass is 9.52. The zero-order chi connectivity index (χ0) is 12.6. The van der Waals surface area contributed by atoms with E-state index in [4.69, 9.17) is 0 Å². The van der Waals surface area contributed by atoms with E-state index in [1.165, 1.54) is 12.8 Å². The molecule has 1 unspecified atom stereocenters. The first kappa shape index (κ1) is 13.4. The Bertz CT molecular complexity index is 264. The maximum absolute atomic E-state index is 10.3. The van der Waals surface area contributed by atoms with E-state index in [2.05, 4.69) is 20.8 Å². The second kappa shape index (κ2) is 4.89. The summed E-state index contributed by atoms with van der Waals surface area (Å²) in [7, 11) is 0. The van der Waals surface area contributed by atoms with E-state index in [0.29, 0.717) is 11.8 Å². The Labute approximate surface area is 105 Å². The third kappa shape index (κ3) is 2.15. The van der Waals surface area contributed by atoms with Gasteiger partial charge in [0.2, 0.25) is 0 Å². The van der Waals surface area contributed by atoms with Crippen molar-refractivity contribution in [3.8, 4) is 0 Å². The summed E-state index contributed by atoms with van der Waals surface area (Å²) in [6, 6.07) is 0. The Balaban J connectivity index is 2.20. The van der Waals surface area contributed by atoms with Gasteiger partial charge in [-0.25, -0.2) is 0 Å². The number of hydrogen-bond acceptors (Lipinski definition) is 2. The number of hydrogen-bond donors (Lipinski definition) is 2. The summed E-state index contributed by atoms with van der Waals surface area (Å²) in [6.07, 6.45) is 5.13. The topological polar surface area (TPSA) is 40.5 Å². The van der Waals surface area contributed by atoms with E-state index in [1.807, 2.05) is 0 Å². The Morgan fingerprint density at radius 3 is 2.53 bits per heavy atom. The van der Waals surface area contributed by atoms with E-state index in [9.17, 15) is 10.2 Å². The van der Waals surface area contributed by atoms with Crippen LogP contribution in [0, 0.1) is 29.1 Å². The maximum Gasteiger partial charge on any atom is 0.0621 e. The maximum atomic E-state index is 10.3. The molecule has 2 rings (SSSR count). The summed E-state index contributed by atoms with van der Waals surface area (Å²) in [6.45, 7) is 7.10. The zero-order valence-corrected chi connectivity index (χ0v) is 11.5. The van der Waals surface area contributed by atoms with Crippen LogP contribution in [0.4, 0.5) is 0 Å². The van der Waals surface area contributed by atoms with Gasteiger partial charge in [0.25, 0.3) is 0 Å². The second-order valence-corrected chi connectivity index (χ2v) is 6.85. The second-order valence-electron chi connectivity index (χ2n) is 6.85. The van der Waals surface area contributed by atoms with Crippen molar-refractivity contribution < 1.29 is 10.2 Å². The molecule has 0 radical (unpaired) electrons. The average Bonchev–Trinajstić information content (AvgIpc) is 2.33. The minimum absolute atomic E-state index is 0.175. The lowest BCUT2D eigenvalue weighted by Gasteiger charge is -2.54. The van der Waals surface area contributed by atoms with Crippen molar-refractivity contribution in [2.24, 2.45) is 29.1 Å². The van der Waals surface area contributed by atoms with E-state index < -0.39 is 0 Å². The SMILES string of the molecule is CC(C)[C@@H]1CC[C@@]2(CO)C(O)CC[C@@H](C)[C@@H]2C1. The fraction of sp³-hybridized carbons (Fsp3) is 1.00. The lowest BCUT2D eigenvalue weighted by Crippen LogP contribution is -2.53. The molecule has 0 bridgehead atoms. The molecule has 100 valence electrons. The third-order valence-corrected chi connectivity index (χ3v) is 5.76. The molecule has 0 aliphatic heterocycles. The van der Waals surface area contributed by atoms with Gasteiger partial charge in [-0.15, -0.1) is 0 Å². The number of aliphatic hydroxyl groups excluding tert-OH is 2. The van der Waals surface area contributed by atoms with Crippen LogP contribution in [0.5, 0.6) is 0 Å². The fourth-order valence-corrected chi connectivity index (χ4v) is 4.35. The highest BCUT2D eigenvalue weighted by atomic mass is 16.3. The zero-order valence-electron chi connectivity index (χ0n) is 11.5. The molecule has 0 amide bonds. The van der Waals surface area contributed by atoms with E-state index >= 15 is 0 Å². The molecule has 0 spiro atoms. The summed E-state index contributed by atoms with van der Waals surface area (Å²) >= 11 is 0. The highest BCUT2D eigenvalue weighted by molar-refractivity contribution is 5.01. The van der Waals surface area contributed by atoms with Gasteiger partial charge in [0, 0.05) is 5.41 Å². The van der Waals surface area contributed by atoms with Crippen molar-refractivity contribution in [1.29, 1.82) is 0 Å². The van der Waals surface area contributed by atoms with Gasteiger partial charge >= 0.3 is 0 Å². The lowest BCUT2D eigenvalue weighted by molar-refractivity contribution is -0.138. The molecule has 5 atom stereocenters. The molecule has 0 aromatic carbocycles.